The summed E-state index contributed by atoms with van der Waals surface area (Å²) in [4.78, 5) is 10.9. The quantitative estimate of drug-likeness (QED) is 0.868. The lowest BCUT2D eigenvalue weighted by atomic mass is 10.0. The van der Waals surface area contributed by atoms with Gasteiger partial charge < -0.3 is 10.1 Å². The summed E-state index contributed by atoms with van der Waals surface area (Å²) in [6.45, 7) is 0. The molecule has 1 heterocycles. The standard InChI is InChI=1S/C11H10F3NO2/c12-11(13,14)9-8(15-10(16)17-9)6-7-4-2-1-3-5-7/h1-5,8-9H,6H2,(H,15,16)/t8-,9-/m0/s1. The fraction of sp³-hybridized carbons (Fsp3) is 0.364. The van der Waals surface area contributed by atoms with E-state index in [2.05, 4.69) is 10.1 Å². The van der Waals surface area contributed by atoms with Crippen LogP contribution < -0.4 is 5.32 Å². The van der Waals surface area contributed by atoms with Gasteiger partial charge in [-0.15, -0.1) is 0 Å². The summed E-state index contributed by atoms with van der Waals surface area (Å²) in [7, 11) is 0. The molecule has 92 valence electrons. The second kappa shape index (κ2) is 4.27. The minimum absolute atomic E-state index is 0.0940. The van der Waals surface area contributed by atoms with Crippen molar-refractivity contribution in [1.82, 2.24) is 5.32 Å². The van der Waals surface area contributed by atoms with Gasteiger partial charge in [0, 0.05) is 0 Å². The molecule has 2 rings (SSSR count). The second-order valence-electron chi connectivity index (χ2n) is 3.81. The molecule has 2 atom stereocenters. The molecule has 3 nitrogen and oxygen atoms in total. The number of ether oxygens (including phenoxy) is 1. The summed E-state index contributed by atoms with van der Waals surface area (Å²) in [5.41, 5.74) is 0.720. The highest BCUT2D eigenvalue weighted by atomic mass is 19.4. The van der Waals surface area contributed by atoms with Crippen LogP contribution in [0.1, 0.15) is 5.56 Å². The normalized spacial score (nSPS) is 24.3. The molecule has 1 amide bonds. The number of amides is 1. The molecule has 1 aromatic rings. The lowest BCUT2D eigenvalue weighted by molar-refractivity contribution is -0.199. The van der Waals surface area contributed by atoms with Crippen molar-refractivity contribution in [3.8, 4) is 0 Å². The molecule has 0 saturated carbocycles. The zero-order valence-corrected chi connectivity index (χ0v) is 8.70. The monoisotopic (exact) mass is 245 g/mol. The predicted octanol–water partition coefficient (Wildman–Crippen LogP) is 2.27. The van der Waals surface area contributed by atoms with Gasteiger partial charge in [-0.05, 0) is 12.0 Å². The topological polar surface area (TPSA) is 38.3 Å². The van der Waals surface area contributed by atoms with Crippen molar-refractivity contribution in [3.63, 3.8) is 0 Å². The Kier molecular flexibility index (Phi) is 2.95. The Bertz CT molecular complexity index is 405. The average molecular weight is 245 g/mol. The van der Waals surface area contributed by atoms with Crippen molar-refractivity contribution in [1.29, 1.82) is 0 Å². The zero-order valence-electron chi connectivity index (χ0n) is 8.70. The van der Waals surface area contributed by atoms with Gasteiger partial charge in [0.25, 0.3) is 0 Å². The Morgan fingerprint density at radius 1 is 1.24 bits per heavy atom. The first-order valence-corrected chi connectivity index (χ1v) is 5.04. The number of alkyl carbamates (subject to hydrolysis) is 1. The first kappa shape index (κ1) is 11.8. The number of hydrogen-bond donors (Lipinski definition) is 1. The molecule has 6 heteroatoms. The van der Waals surface area contributed by atoms with E-state index >= 15 is 0 Å². The van der Waals surface area contributed by atoms with Crippen LogP contribution in [0.15, 0.2) is 30.3 Å². The molecule has 1 aromatic carbocycles. The summed E-state index contributed by atoms with van der Waals surface area (Å²) >= 11 is 0. The van der Waals surface area contributed by atoms with Gasteiger partial charge in [0.1, 0.15) is 0 Å². The fourth-order valence-corrected chi connectivity index (χ4v) is 1.78. The maximum Gasteiger partial charge on any atom is 0.427 e. The lowest BCUT2D eigenvalue weighted by Crippen LogP contribution is -2.42. The number of benzene rings is 1. The fourth-order valence-electron chi connectivity index (χ4n) is 1.78. The van der Waals surface area contributed by atoms with Gasteiger partial charge in [0.2, 0.25) is 6.10 Å². The molecule has 1 aliphatic rings. The Hall–Kier alpha value is -1.72. The van der Waals surface area contributed by atoms with Crippen molar-refractivity contribution >= 4 is 6.09 Å². The number of nitrogens with one attached hydrogen (secondary N) is 1. The maximum atomic E-state index is 12.6. The van der Waals surface area contributed by atoms with Crippen LogP contribution in [0, 0.1) is 0 Å². The molecule has 1 aliphatic heterocycles. The molecule has 0 aliphatic carbocycles. The van der Waals surface area contributed by atoms with E-state index in [0.717, 1.165) is 5.56 Å². The van der Waals surface area contributed by atoms with E-state index in [0.29, 0.717) is 0 Å². The molecule has 0 radical (unpaired) electrons. The third kappa shape index (κ3) is 2.69. The van der Waals surface area contributed by atoms with Crippen molar-refractivity contribution in [2.24, 2.45) is 0 Å². The van der Waals surface area contributed by atoms with Crippen molar-refractivity contribution < 1.29 is 22.7 Å². The number of halogens is 3. The van der Waals surface area contributed by atoms with Crippen molar-refractivity contribution in [2.45, 2.75) is 24.7 Å². The van der Waals surface area contributed by atoms with Crippen molar-refractivity contribution in [3.05, 3.63) is 35.9 Å². The molecule has 17 heavy (non-hydrogen) atoms. The van der Waals surface area contributed by atoms with Gasteiger partial charge in [-0.2, -0.15) is 13.2 Å². The number of alkyl halides is 3. The largest absolute Gasteiger partial charge is 0.434 e. The summed E-state index contributed by atoms with van der Waals surface area (Å²) < 4.78 is 41.9. The molecule has 1 N–H and O–H groups in total. The highest BCUT2D eigenvalue weighted by molar-refractivity contribution is 5.70. The van der Waals surface area contributed by atoms with Gasteiger partial charge in [0.05, 0.1) is 6.04 Å². The Morgan fingerprint density at radius 2 is 1.88 bits per heavy atom. The van der Waals surface area contributed by atoms with Crippen LogP contribution in [0.5, 0.6) is 0 Å². The molecular formula is C11H10F3NO2. The number of carbonyl (C=O) groups excluding carboxylic acids is 1. The smallest absolute Gasteiger partial charge is 0.427 e. The maximum absolute atomic E-state index is 12.6. The number of carbonyl (C=O) groups is 1. The van der Waals surface area contributed by atoms with Gasteiger partial charge >= 0.3 is 12.3 Å². The van der Waals surface area contributed by atoms with E-state index in [9.17, 15) is 18.0 Å². The van der Waals surface area contributed by atoms with E-state index in [-0.39, 0.29) is 6.42 Å². The highest BCUT2D eigenvalue weighted by Crippen LogP contribution is 2.29. The highest BCUT2D eigenvalue weighted by Gasteiger charge is 2.52. The predicted molar refractivity (Wildman–Crippen MR) is 53.4 cm³/mol. The van der Waals surface area contributed by atoms with Crippen molar-refractivity contribution in [2.75, 3.05) is 0 Å². The summed E-state index contributed by atoms with van der Waals surface area (Å²) in [5.74, 6) is 0. The SMILES string of the molecule is O=C1N[C@@H](Cc2ccccc2)[C@@H](C(F)(F)F)O1. The van der Waals surface area contributed by atoms with E-state index in [1.165, 1.54) is 0 Å². The summed E-state index contributed by atoms with van der Waals surface area (Å²) in [6, 6.07) is 7.58. The summed E-state index contributed by atoms with van der Waals surface area (Å²) in [5, 5.41) is 2.18. The molecular weight excluding hydrogens is 235 g/mol. The van der Waals surface area contributed by atoms with Crippen LogP contribution in [0.3, 0.4) is 0 Å². The van der Waals surface area contributed by atoms with Gasteiger partial charge in [-0.3, -0.25) is 0 Å². The van der Waals surface area contributed by atoms with E-state index in [1.807, 2.05) is 0 Å². The Balaban J connectivity index is 2.12. The van der Waals surface area contributed by atoms with Crippen LogP contribution >= 0.6 is 0 Å². The molecule has 1 fully saturated rings. The Labute approximate surface area is 95.6 Å². The van der Waals surface area contributed by atoms with Crippen LogP contribution in [-0.4, -0.2) is 24.4 Å². The van der Waals surface area contributed by atoms with Gasteiger partial charge in [0.15, 0.2) is 0 Å². The minimum Gasteiger partial charge on any atom is -0.434 e. The minimum atomic E-state index is -4.54. The van der Waals surface area contributed by atoms with Gasteiger partial charge in [-0.1, -0.05) is 30.3 Å². The first-order chi connectivity index (χ1) is 7.97. The average Bonchev–Trinajstić information content (AvgIpc) is 2.60. The number of hydrogen-bond acceptors (Lipinski definition) is 2. The summed E-state index contributed by atoms with van der Waals surface area (Å²) in [6.07, 6.45) is -7.54. The zero-order chi connectivity index (χ0) is 12.5. The van der Waals surface area contributed by atoms with Gasteiger partial charge in [-0.25, -0.2) is 4.79 Å². The van der Waals surface area contributed by atoms with E-state index in [1.54, 1.807) is 30.3 Å². The molecule has 0 aromatic heterocycles. The van der Waals surface area contributed by atoms with Crippen LogP contribution in [0.4, 0.5) is 18.0 Å². The number of rotatable bonds is 2. The van der Waals surface area contributed by atoms with E-state index in [4.69, 9.17) is 0 Å². The van der Waals surface area contributed by atoms with Crippen LogP contribution in [-0.2, 0) is 11.2 Å². The van der Waals surface area contributed by atoms with E-state index < -0.39 is 24.4 Å². The second-order valence-corrected chi connectivity index (χ2v) is 3.81. The number of cyclic esters (lactones) is 1. The lowest BCUT2D eigenvalue weighted by Gasteiger charge is -2.19. The Morgan fingerprint density at radius 3 is 2.47 bits per heavy atom. The first-order valence-electron chi connectivity index (χ1n) is 5.04. The van der Waals surface area contributed by atoms with Crippen LogP contribution in [0.2, 0.25) is 0 Å². The third-order valence-electron chi connectivity index (χ3n) is 2.52. The third-order valence-corrected chi connectivity index (χ3v) is 2.52. The van der Waals surface area contributed by atoms with Crippen LogP contribution in [0.25, 0.3) is 0 Å². The molecule has 0 unspecified atom stereocenters. The molecule has 1 saturated heterocycles. The molecule has 0 bridgehead atoms. The molecule has 0 spiro atoms.